The van der Waals surface area contributed by atoms with E-state index in [-0.39, 0.29) is 6.73 Å². The standard InChI is InChI=1S/C15H13NO2S/c1-17-15-9-13(12-5-3-2-4-6-12)7-8-14(15)18-10-16-11-19/h2-9H,10H2,1H3. The van der Waals surface area contributed by atoms with E-state index in [2.05, 4.69) is 22.4 Å². The maximum atomic E-state index is 5.44. The lowest BCUT2D eigenvalue weighted by Gasteiger charge is -2.10. The Morgan fingerprint density at radius 2 is 1.84 bits per heavy atom. The van der Waals surface area contributed by atoms with Crippen molar-refractivity contribution >= 4 is 17.4 Å². The lowest BCUT2D eigenvalue weighted by atomic mass is 10.1. The predicted molar refractivity (Wildman–Crippen MR) is 79.0 cm³/mol. The van der Waals surface area contributed by atoms with Gasteiger partial charge in [-0.2, -0.15) is 4.99 Å². The van der Waals surface area contributed by atoms with E-state index in [0.29, 0.717) is 11.5 Å². The van der Waals surface area contributed by atoms with Crippen LogP contribution in [0.15, 0.2) is 53.5 Å². The van der Waals surface area contributed by atoms with Crippen molar-refractivity contribution in [2.45, 2.75) is 0 Å². The Morgan fingerprint density at radius 3 is 2.53 bits per heavy atom. The molecule has 0 radical (unpaired) electrons. The predicted octanol–water partition coefficient (Wildman–Crippen LogP) is 3.80. The van der Waals surface area contributed by atoms with E-state index in [1.807, 2.05) is 48.5 Å². The fraction of sp³-hybridized carbons (Fsp3) is 0.133. The molecule has 96 valence electrons. The first-order valence-corrected chi connectivity index (χ1v) is 6.16. The third kappa shape index (κ3) is 3.41. The monoisotopic (exact) mass is 271 g/mol. The summed E-state index contributed by atoms with van der Waals surface area (Å²) in [5.74, 6) is 1.30. The summed E-state index contributed by atoms with van der Waals surface area (Å²) in [5, 5.41) is 2.26. The Morgan fingerprint density at radius 1 is 1.05 bits per heavy atom. The summed E-state index contributed by atoms with van der Waals surface area (Å²) >= 11 is 4.49. The molecule has 0 bridgehead atoms. The number of aliphatic imine (C=N–C) groups is 1. The van der Waals surface area contributed by atoms with Crippen LogP contribution in [0.5, 0.6) is 11.5 Å². The molecule has 0 saturated carbocycles. The normalized spacial score (nSPS) is 9.53. The van der Waals surface area contributed by atoms with Gasteiger partial charge in [0.1, 0.15) is 0 Å². The van der Waals surface area contributed by atoms with Gasteiger partial charge in [0.25, 0.3) is 0 Å². The van der Waals surface area contributed by atoms with E-state index in [1.165, 1.54) is 0 Å². The van der Waals surface area contributed by atoms with Gasteiger partial charge in [-0.3, -0.25) is 0 Å². The zero-order chi connectivity index (χ0) is 13.5. The van der Waals surface area contributed by atoms with Crippen LogP contribution in [0.1, 0.15) is 0 Å². The second kappa shape index (κ2) is 6.69. The summed E-state index contributed by atoms with van der Waals surface area (Å²) in [5.41, 5.74) is 2.20. The minimum absolute atomic E-state index is 0.143. The molecule has 0 heterocycles. The summed E-state index contributed by atoms with van der Waals surface area (Å²) in [6.07, 6.45) is 0. The van der Waals surface area contributed by atoms with Crippen LogP contribution in [0.2, 0.25) is 0 Å². The molecule has 0 saturated heterocycles. The van der Waals surface area contributed by atoms with Gasteiger partial charge >= 0.3 is 0 Å². The highest BCUT2D eigenvalue weighted by Gasteiger charge is 2.06. The van der Waals surface area contributed by atoms with Gasteiger partial charge in [0.15, 0.2) is 18.2 Å². The zero-order valence-corrected chi connectivity index (χ0v) is 11.3. The van der Waals surface area contributed by atoms with Gasteiger partial charge in [0.05, 0.1) is 12.3 Å². The number of benzene rings is 2. The van der Waals surface area contributed by atoms with Gasteiger partial charge in [-0.05, 0) is 35.5 Å². The Kier molecular flexibility index (Phi) is 4.67. The van der Waals surface area contributed by atoms with Gasteiger partial charge in [-0.15, -0.1) is 0 Å². The maximum absolute atomic E-state index is 5.44. The molecule has 0 amide bonds. The lowest BCUT2D eigenvalue weighted by molar-refractivity contribution is 0.305. The third-order valence-electron chi connectivity index (χ3n) is 2.62. The second-order valence-electron chi connectivity index (χ2n) is 3.75. The van der Waals surface area contributed by atoms with Crippen molar-refractivity contribution in [2.24, 2.45) is 4.99 Å². The molecule has 0 aliphatic heterocycles. The summed E-state index contributed by atoms with van der Waals surface area (Å²) < 4.78 is 10.8. The molecule has 0 N–H and O–H groups in total. The van der Waals surface area contributed by atoms with E-state index in [0.717, 1.165) is 11.1 Å². The van der Waals surface area contributed by atoms with E-state index in [9.17, 15) is 0 Å². The lowest BCUT2D eigenvalue weighted by Crippen LogP contribution is -1.96. The van der Waals surface area contributed by atoms with Crippen LogP contribution in [0.25, 0.3) is 11.1 Å². The number of isothiocyanates is 1. The highest BCUT2D eigenvalue weighted by atomic mass is 32.1. The molecule has 19 heavy (non-hydrogen) atoms. The molecule has 2 aromatic rings. The number of hydrogen-bond donors (Lipinski definition) is 0. The second-order valence-corrected chi connectivity index (χ2v) is 3.94. The number of ether oxygens (including phenoxy) is 2. The van der Waals surface area contributed by atoms with E-state index in [4.69, 9.17) is 9.47 Å². The van der Waals surface area contributed by atoms with Gasteiger partial charge in [-0.25, -0.2) is 0 Å². The van der Waals surface area contributed by atoms with Crippen molar-refractivity contribution in [2.75, 3.05) is 13.8 Å². The quantitative estimate of drug-likeness (QED) is 0.612. The number of nitrogens with zero attached hydrogens (tertiary/aromatic N) is 1. The van der Waals surface area contributed by atoms with Crippen molar-refractivity contribution in [1.82, 2.24) is 0 Å². The molecule has 0 fully saturated rings. The van der Waals surface area contributed by atoms with Gasteiger partial charge in [0.2, 0.25) is 0 Å². The van der Waals surface area contributed by atoms with Crippen LogP contribution in [-0.2, 0) is 0 Å². The minimum Gasteiger partial charge on any atom is -0.493 e. The summed E-state index contributed by atoms with van der Waals surface area (Å²) in [7, 11) is 1.61. The first kappa shape index (κ1) is 13.3. The SMILES string of the molecule is COc1cc(-c2ccccc2)ccc1OCN=C=S. The molecule has 2 aromatic carbocycles. The van der Waals surface area contributed by atoms with E-state index < -0.39 is 0 Å². The van der Waals surface area contributed by atoms with Crippen LogP contribution in [-0.4, -0.2) is 19.0 Å². The number of rotatable bonds is 5. The summed E-state index contributed by atoms with van der Waals surface area (Å²) in [4.78, 5) is 3.71. The molecule has 3 nitrogen and oxygen atoms in total. The Balaban J connectivity index is 2.28. The Labute approximate surface area is 117 Å². The molecular weight excluding hydrogens is 258 g/mol. The molecule has 0 aliphatic rings. The van der Waals surface area contributed by atoms with Crippen molar-refractivity contribution in [3.8, 4) is 22.6 Å². The average molecular weight is 271 g/mol. The maximum Gasteiger partial charge on any atom is 0.188 e. The van der Waals surface area contributed by atoms with Gasteiger partial charge < -0.3 is 9.47 Å². The molecule has 0 unspecified atom stereocenters. The largest absolute Gasteiger partial charge is 0.493 e. The number of thiocarbonyl (C=S) groups is 1. The first-order valence-electron chi connectivity index (χ1n) is 5.75. The minimum atomic E-state index is 0.143. The smallest absolute Gasteiger partial charge is 0.188 e. The van der Waals surface area contributed by atoms with Crippen LogP contribution < -0.4 is 9.47 Å². The van der Waals surface area contributed by atoms with Crippen LogP contribution >= 0.6 is 12.2 Å². The highest BCUT2D eigenvalue weighted by molar-refractivity contribution is 7.78. The van der Waals surface area contributed by atoms with Gasteiger partial charge in [-0.1, -0.05) is 36.4 Å². The van der Waals surface area contributed by atoms with Crippen LogP contribution in [0.3, 0.4) is 0 Å². The molecule has 0 atom stereocenters. The molecule has 4 heteroatoms. The fourth-order valence-electron chi connectivity index (χ4n) is 1.73. The highest BCUT2D eigenvalue weighted by Crippen LogP contribution is 2.32. The molecule has 0 aromatic heterocycles. The fourth-order valence-corrected chi connectivity index (χ4v) is 1.78. The third-order valence-corrected chi connectivity index (χ3v) is 2.75. The van der Waals surface area contributed by atoms with E-state index >= 15 is 0 Å². The number of hydrogen-bond acceptors (Lipinski definition) is 4. The van der Waals surface area contributed by atoms with Crippen molar-refractivity contribution in [3.05, 3.63) is 48.5 Å². The molecule has 2 rings (SSSR count). The first-order chi connectivity index (χ1) is 9.35. The van der Waals surface area contributed by atoms with Crippen LogP contribution in [0.4, 0.5) is 0 Å². The topological polar surface area (TPSA) is 30.8 Å². The Bertz CT molecular complexity index is 592. The Hall–Kier alpha value is -2.16. The van der Waals surface area contributed by atoms with Crippen molar-refractivity contribution in [1.29, 1.82) is 0 Å². The zero-order valence-electron chi connectivity index (χ0n) is 10.5. The van der Waals surface area contributed by atoms with Crippen molar-refractivity contribution in [3.63, 3.8) is 0 Å². The molecular formula is C15H13NO2S. The van der Waals surface area contributed by atoms with Crippen LogP contribution in [0, 0.1) is 0 Å². The van der Waals surface area contributed by atoms with E-state index in [1.54, 1.807) is 7.11 Å². The summed E-state index contributed by atoms with van der Waals surface area (Å²) in [6, 6.07) is 15.9. The molecule has 0 spiro atoms. The van der Waals surface area contributed by atoms with Crippen molar-refractivity contribution < 1.29 is 9.47 Å². The molecule has 0 aliphatic carbocycles. The summed E-state index contributed by atoms with van der Waals surface area (Å²) in [6.45, 7) is 0.143. The van der Waals surface area contributed by atoms with Gasteiger partial charge in [0, 0.05) is 0 Å². The average Bonchev–Trinajstić information content (AvgIpc) is 2.48. The number of methoxy groups -OCH3 is 1.